The lowest BCUT2D eigenvalue weighted by Gasteiger charge is -2.08. The van der Waals surface area contributed by atoms with Gasteiger partial charge in [-0.1, -0.05) is 35.9 Å². The third kappa shape index (κ3) is 5.21. The van der Waals surface area contributed by atoms with Gasteiger partial charge >= 0.3 is 0 Å². The summed E-state index contributed by atoms with van der Waals surface area (Å²) in [4.78, 5) is 22.7. The third-order valence-corrected chi connectivity index (χ3v) is 4.73. The van der Waals surface area contributed by atoms with Crippen molar-refractivity contribution < 1.29 is 14.5 Å². The molecule has 8 heteroatoms. The van der Waals surface area contributed by atoms with E-state index in [0.717, 1.165) is 11.1 Å². The van der Waals surface area contributed by atoms with Crippen molar-refractivity contribution in [3.63, 3.8) is 0 Å². The van der Waals surface area contributed by atoms with Gasteiger partial charge < -0.3 is 4.74 Å². The van der Waals surface area contributed by atoms with Crippen molar-refractivity contribution in [1.82, 2.24) is 5.43 Å². The molecule has 1 N–H and O–H groups in total. The first-order valence-corrected chi connectivity index (χ1v) is 9.37. The number of carbonyl (C=O) groups excluding carboxylic acids is 1. The largest absolute Gasteiger partial charge is 0.489 e. The van der Waals surface area contributed by atoms with Crippen molar-refractivity contribution in [3.05, 3.63) is 104 Å². The summed E-state index contributed by atoms with van der Waals surface area (Å²) >= 11 is 6.11. The molecule has 7 nitrogen and oxygen atoms in total. The maximum Gasteiger partial charge on any atom is 0.273 e. The van der Waals surface area contributed by atoms with Crippen LogP contribution < -0.4 is 10.2 Å². The Kier molecular flexibility index (Phi) is 6.77. The van der Waals surface area contributed by atoms with Crippen molar-refractivity contribution in [3.8, 4) is 5.75 Å². The fourth-order valence-electron chi connectivity index (χ4n) is 2.72. The zero-order valence-corrected chi connectivity index (χ0v) is 16.8. The molecule has 30 heavy (non-hydrogen) atoms. The van der Waals surface area contributed by atoms with E-state index in [4.69, 9.17) is 16.3 Å². The van der Waals surface area contributed by atoms with E-state index in [1.807, 2.05) is 24.3 Å². The lowest BCUT2D eigenvalue weighted by atomic mass is 10.1. The Morgan fingerprint density at radius 1 is 1.13 bits per heavy atom. The Labute approximate surface area is 178 Å². The second kappa shape index (κ2) is 9.67. The first-order valence-electron chi connectivity index (χ1n) is 8.99. The summed E-state index contributed by atoms with van der Waals surface area (Å²) < 4.78 is 5.72. The van der Waals surface area contributed by atoms with E-state index in [1.54, 1.807) is 24.3 Å². The van der Waals surface area contributed by atoms with Gasteiger partial charge in [0.1, 0.15) is 12.4 Å². The number of nitrogens with zero attached hydrogens (tertiary/aromatic N) is 2. The van der Waals surface area contributed by atoms with E-state index in [9.17, 15) is 14.9 Å². The van der Waals surface area contributed by atoms with E-state index >= 15 is 0 Å². The molecule has 0 spiro atoms. The number of amides is 1. The molecule has 0 aromatic heterocycles. The average molecular weight is 424 g/mol. The topological polar surface area (TPSA) is 93.8 Å². The molecule has 3 rings (SSSR count). The van der Waals surface area contributed by atoms with Crippen molar-refractivity contribution in [2.75, 3.05) is 0 Å². The van der Waals surface area contributed by atoms with Crippen LogP contribution >= 0.6 is 11.6 Å². The number of nitro benzene ring substituents is 1. The Balaban J connectivity index is 1.58. The van der Waals surface area contributed by atoms with Crippen LogP contribution in [0.4, 0.5) is 5.69 Å². The van der Waals surface area contributed by atoms with E-state index < -0.39 is 10.8 Å². The van der Waals surface area contributed by atoms with E-state index in [1.165, 1.54) is 31.3 Å². The second-order valence-corrected chi connectivity index (χ2v) is 6.76. The van der Waals surface area contributed by atoms with Gasteiger partial charge in [0, 0.05) is 22.2 Å². The zero-order valence-electron chi connectivity index (χ0n) is 16.0. The Bertz CT molecular complexity index is 1100. The molecule has 1 amide bonds. The van der Waals surface area contributed by atoms with Gasteiger partial charge in [0.2, 0.25) is 0 Å². The first-order chi connectivity index (χ1) is 14.5. The maximum atomic E-state index is 12.3. The van der Waals surface area contributed by atoms with Crippen molar-refractivity contribution in [2.24, 2.45) is 5.10 Å². The number of halogens is 1. The molecule has 0 saturated carbocycles. The van der Waals surface area contributed by atoms with Crippen LogP contribution in [-0.4, -0.2) is 17.0 Å². The molecule has 152 valence electrons. The fourth-order valence-corrected chi connectivity index (χ4v) is 2.91. The predicted octanol–water partition coefficient (Wildman–Crippen LogP) is 4.90. The molecule has 0 unspecified atom stereocenters. The van der Waals surface area contributed by atoms with Crippen molar-refractivity contribution in [1.29, 1.82) is 0 Å². The highest BCUT2D eigenvalue weighted by molar-refractivity contribution is 6.31. The van der Waals surface area contributed by atoms with Crippen LogP contribution in [0.5, 0.6) is 5.75 Å². The molecule has 0 radical (unpaired) electrons. The number of hydrogen-bond acceptors (Lipinski definition) is 5. The number of ether oxygens (including phenoxy) is 1. The standard InChI is InChI=1S/C22H18ClN3O4/c1-15-19(6-4-8-21(15)26(28)29)22(27)25-24-13-16-9-11-18(12-10-16)30-14-17-5-2-3-7-20(17)23/h2-13H,14H2,1H3,(H,25,27)/b24-13-. The number of hydrogen-bond donors (Lipinski definition) is 1. The van der Waals surface area contributed by atoms with Gasteiger partial charge in [0.25, 0.3) is 11.6 Å². The lowest BCUT2D eigenvalue weighted by Crippen LogP contribution is -2.19. The highest BCUT2D eigenvalue weighted by Gasteiger charge is 2.17. The first kappa shape index (κ1) is 21.0. The number of carbonyl (C=O) groups is 1. The smallest absolute Gasteiger partial charge is 0.273 e. The van der Waals surface area contributed by atoms with E-state index in [2.05, 4.69) is 10.5 Å². The molecule has 0 aliphatic carbocycles. The van der Waals surface area contributed by atoms with Crippen LogP contribution in [-0.2, 0) is 6.61 Å². The molecular formula is C22H18ClN3O4. The van der Waals surface area contributed by atoms with Gasteiger partial charge in [-0.15, -0.1) is 0 Å². The van der Waals surface area contributed by atoms with Crippen molar-refractivity contribution in [2.45, 2.75) is 13.5 Å². The minimum absolute atomic E-state index is 0.112. The molecule has 0 aliphatic rings. The molecule has 3 aromatic carbocycles. The summed E-state index contributed by atoms with van der Waals surface area (Å²) in [6.07, 6.45) is 1.47. The third-order valence-electron chi connectivity index (χ3n) is 4.36. The number of nitro groups is 1. The quantitative estimate of drug-likeness (QED) is 0.332. The number of nitrogens with one attached hydrogen (secondary N) is 1. The SMILES string of the molecule is Cc1c(C(=O)N/N=C\c2ccc(OCc3ccccc3Cl)cc2)cccc1[N+](=O)[O-]. The Hall–Kier alpha value is -3.71. The van der Waals surface area contributed by atoms with Gasteiger partial charge in [-0.2, -0.15) is 5.10 Å². The van der Waals surface area contributed by atoms with Gasteiger partial charge in [0.05, 0.1) is 16.7 Å². The Morgan fingerprint density at radius 3 is 2.57 bits per heavy atom. The summed E-state index contributed by atoms with van der Waals surface area (Å²) in [5.41, 5.74) is 4.40. The van der Waals surface area contributed by atoms with Crippen LogP contribution in [0.3, 0.4) is 0 Å². The normalized spacial score (nSPS) is 10.7. The minimum Gasteiger partial charge on any atom is -0.489 e. The van der Waals surface area contributed by atoms with Gasteiger partial charge in [0.15, 0.2) is 0 Å². The van der Waals surface area contributed by atoms with Gasteiger partial charge in [-0.05, 0) is 48.9 Å². The predicted molar refractivity (Wildman–Crippen MR) is 115 cm³/mol. The van der Waals surface area contributed by atoms with Crippen molar-refractivity contribution >= 4 is 29.4 Å². The molecule has 0 fully saturated rings. The summed E-state index contributed by atoms with van der Waals surface area (Å²) in [7, 11) is 0. The molecule has 0 saturated heterocycles. The van der Waals surface area contributed by atoms with Crippen LogP contribution in [0.25, 0.3) is 0 Å². The molecule has 3 aromatic rings. The number of hydrazone groups is 1. The van der Waals surface area contributed by atoms with Crippen LogP contribution in [0, 0.1) is 17.0 Å². The summed E-state index contributed by atoms with van der Waals surface area (Å²) in [6, 6.07) is 18.9. The highest BCUT2D eigenvalue weighted by atomic mass is 35.5. The highest BCUT2D eigenvalue weighted by Crippen LogP contribution is 2.21. The monoisotopic (exact) mass is 423 g/mol. The van der Waals surface area contributed by atoms with Crippen LogP contribution in [0.15, 0.2) is 71.8 Å². The van der Waals surface area contributed by atoms with E-state index in [-0.39, 0.29) is 16.8 Å². The lowest BCUT2D eigenvalue weighted by molar-refractivity contribution is -0.385. The van der Waals surface area contributed by atoms with Gasteiger partial charge in [-0.3, -0.25) is 14.9 Å². The van der Waals surface area contributed by atoms with Gasteiger partial charge in [-0.25, -0.2) is 5.43 Å². The Morgan fingerprint density at radius 2 is 1.87 bits per heavy atom. The summed E-state index contributed by atoms with van der Waals surface area (Å²) in [5.74, 6) is 0.149. The summed E-state index contributed by atoms with van der Waals surface area (Å²) in [6.45, 7) is 1.88. The average Bonchev–Trinajstić information content (AvgIpc) is 2.74. The summed E-state index contributed by atoms with van der Waals surface area (Å²) in [5, 5.41) is 15.6. The second-order valence-electron chi connectivity index (χ2n) is 6.36. The van der Waals surface area contributed by atoms with Crippen LogP contribution in [0.2, 0.25) is 5.02 Å². The zero-order chi connectivity index (χ0) is 21.5. The number of benzene rings is 3. The van der Waals surface area contributed by atoms with Crippen LogP contribution in [0.1, 0.15) is 27.0 Å². The fraction of sp³-hybridized carbons (Fsp3) is 0.0909. The molecular weight excluding hydrogens is 406 g/mol. The molecule has 0 atom stereocenters. The molecule has 0 aliphatic heterocycles. The maximum absolute atomic E-state index is 12.3. The minimum atomic E-state index is -0.523. The van der Waals surface area contributed by atoms with E-state index in [0.29, 0.717) is 17.4 Å². The molecule has 0 bridgehead atoms. The number of rotatable bonds is 7. The molecule has 0 heterocycles.